The lowest BCUT2D eigenvalue weighted by molar-refractivity contribution is 0.0985. The maximum atomic E-state index is 14.1. The molecule has 9 nitrogen and oxygen atoms in total. The molecule has 2 fully saturated rings. The monoisotopic (exact) mass is 529 g/mol. The molecule has 1 aromatic carbocycles. The molecule has 3 heterocycles. The van der Waals surface area contributed by atoms with Crippen LogP contribution in [0.3, 0.4) is 0 Å². The van der Waals surface area contributed by atoms with Crippen molar-refractivity contribution in [3.05, 3.63) is 36.2 Å². The van der Waals surface area contributed by atoms with Crippen molar-refractivity contribution < 1.29 is 18.3 Å². The summed E-state index contributed by atoms with van der Waals surface area (Å²) in [5.74, 6) is 1.69. The van der Waals surface area contributed by atoms with Crippen LogP contribution in [0, 0.1) is 5.92 Å². The summed E-state index contributed by atoms with van der Waals surface area (Å²) in [4.78, 5) is 15.9. The molecule has 0 amide bonds. The fourth-order valence-electron chi connectivity index (χ4n) is 5.43. The van der Waals surface area contributed by atoms with E-state index in [2.05, 4.69) is 27.4 Å². The summed E-state index contributed by atoms with van der Waals surface area (Å²) in [6, 6.07) is 9.56. The molecule has 1 saturated carbocycles. The molecular weight excluding hydrogens is 492 g/mol. The van der Waals surface area contributed by atoms with Gasteiger partial charge < -0.3 is 25.0 Å². The summed E-state index contributed by atoms with van der Waals surface area (Å²) in [5.41, 5.74) is 1.10. The van der Waals surface area contributed by atoms with Gasteiger partial charge in [0.1, 0.15) is 11.6 Å². The van der Waals surface area contributed by atoms with Gasteiger partial charge in [0.2, 0.25) is 5.95 Å². The Morgan fingerprint density at radius 3 is 2.66 bits per heavy atom. The van der Waals surface area contributed by atoms with Gasteiger partial charge in [-0.1, -0.05) is 12.1 Å². The van der Waals surface area contributed by atoms with Crippen molar-refractivity contribution >= 4 is 22.8 Å². The maximum Gasteiger partial charge on any atom is 0.296 e. The fraction of sp³-hybridized carbons (Fsp3) is 0.593. The van der Waals surface area contributed by atoms with Crippen molar-refractivity contribution in [1.29, 1.82) is 0 Å². The Morgan fingerprint density at radius 2 is 1.89 bits per heavy atom. The number of nitrogens with one attached hydrogen (secondary N) is 2. The van der Waals surface area contributed by atoms with Gasteiger partial charge in [-0.3, -0.25) is 4.57 Å². The molecule has 2 aromatic heterocycles. The molecule has 0 radical (unpaired) electrons. The zero-order chi connectivity index (χ0) is 26.5. The average molecular weight is 530 g/mol. The van der Waals surface area contributed by atoms with Crippen LogP contribution in [0.2, 0.25) is 0 Å². The van der Waals surface area contributed by atoms with E-state index in [9.17, 15) is 8.78 Å². The highest BCUT2D eigenvalue weighted by Crippen LogP contribution is 2.30. The van der Waals surface area contributed by atoms with Crippen molar-refractivity contribution in [3.8, 4) is 5.82 Å². The van der Waals surface area contributed by atoms with E-state index in [1.54, 1.807) is 31.4 Å². The third-order valence-electron chi connectivity index (χ3n) is 7.51. The molecule has 3 aromatic rings. The van der Waals surface area contributed by atoms with E-state index < -0.39 is 6.43 Å². The lowest BCUT2D eigenvalue weighted by Gasteiger charge is -2.34. The number of methoxy groups -OCH3 is 1. The Hall–Kier alpha value is -2.89. The minimum atomic E-state index is -2.74. The van der Waals surface area contributed by atoms with Crippen LogP contribution in [0.25, 0.3) is 16.9 Å². The number of ether oxygens (including phenoxy) is 2. The van der Waals surface area contributed by atoms with Crippen LogP contribution in [0.5, 0.6) is 0 Å². The summed E-state index contributed by atoms with van der Waals surface area (Å²) in [5, 5.41) is 6.99. The zero-order valence-corrected chi connectivity index (χ0v) is 22.1. The summed E-state index contributed by atoms with van der Waals surface area (Å²) in [6.07, 6.45) is 1.70. The number of fused-ring (bicyclic) bond motifs is 1. The maximum absolute atomic E-state index is 14.1. The van der Waals surface area contributed by atoms with Crippen LogP contribution >= 0.6 is 0 Å². The second-order valence-electron chi connectivity index (χ2n) is 10.2. The lowest BCUT2D eigenvalue weighted by Crippen LogP contribution is -2.44. The van der Waals surface area contributed by atoms with Crippen molar-refractivity contribution in [3.63, 3.8) is 0 Å². The molecule has 5 rings (SSSR count). The quantitative estimate of drug-likeness (QED) is 0.378. The number of anilines is 2. The number of benzene rings is 1. The van der Waals surface area contributed by atoms with Crippen LogP contribution in [0.4, 0.5) is 20.5 Å². The highest BCUT2D eigenvalue weighted by molar-refractivity contribution is 5.78. The van der Waals surface area contributed by atoms with Crippen molar-refractivity contribution in [2.75, 3.05) is 56.8 Å². The Labute approximate surface area is 221 Å². The normalized spacial score (nSPS) is 22.3. The van der Waals surface area contributed by atoms with Gasteiger partial charge in [-0.15, -0.1) is 0 Å². The predicted molar refractivity (Wildman–Crippen MR) is 143 cm³/mol. The number of halogens is 2. The SMILES string of the molecule is COCCNC1CCC(CNc2nc(N3CCOC[C@@H]3C)cc(-n3c(C(F)F)nc4ccccc43)n2)CC1. The molecular formula is C27H37F2N7O2. The van der Waals surface area contributed by atoms with Gasteiger partial charge in [0.05, 0.1) is 36.9 Å². The van der Waals surface area contributed by atoms with E-state index in [0.717, 1.165) is 45.4 Å². The standard InChI is InChI=1S/C27H37F2N7O2/c1-18-17-38-14-12-35(18)23-15-24(36-22-6-4-3-5-21(22)32-26(36)25(28)29)34-27(33-23)31-16-19-7-9-20(10-8-19)30-11-13-37-2/h3-6,15,18-20,25,30H,7-14,16-17H2,1-2H3,(H,31,33,34)/t18-,19?,20?/m0/s1. The molecule has 0 unspecified atom stereocenters. The highest BCUT2D eigenvalue weighted by Gasteiger charge is 2.26. The molecule has 0 bridgehead atoms. The van der Waals surface area contributed by atoms with E-state index in [-0.39, 0.29) is 11.9 Å². The van der Waals surface area contributed by atoms with Gasteiger partial charge in [0.25, 0.3) is 6.43 Å². The van der Waals surface area contributed by atoms with Crippen molar-refractivity contribution in [2.24, 2.45) is 5.92 Å². The third kappa shape index (κ3) is 6.05. The Kier molecular flexibility index (Phi) is 8.65. The molecule has 2 aliphatic rings. The topological polar surface area (TPSA) is 89.4 Å². The number of imidazole rings is 1. The largest absolute Gasteiger partial charge is 0.383 e. The number of hydrogen-bond acceptors (Lipinski definition) is 8. The number of hydrogen-bond donors (Lipinski definition) is 2. The van der Waals surface area contributed by atoms with E-state index in [0.29, 0.717) is 60.3 Å². The van der Waals surface area contributed by atoms with E-state index in [1.807, 2.05) is 6.07 Å². The number of nitrogens with zero attached hydrogens (tertiary/aromatic N) is 5. The van der Waals surface area contributed by atoms with Crippen LogP contribution in [0.15, 0.2) is 30.3 Å². The van der Waals surface area contributed by atoms with Crippen molar-refractivity contribution in [2.45, 2.75) is 51.1 Å². The molecule has 1 saturated heterocycles. The average Bonchev–Trinajstić information content (AvgIpc) is 3.33. The van der Waals surface area contributed by atoms with Crippen molar-refractivity contribution in [1.82, 2.24) is 24.8 Å². The van der Waals surface area contributed by atoms with Crippen LogP contribution in [0.1, 0.15) is 44.9 Å². The smallest absolute Gasteiger partial charge is 0.296 e. The summed E-state index contributed by atoms with van der Waals surface area (Å²) >= 11 is 0. The number of para-hydroxylation sites is 2. The third-order valence-corrected chi connectivity index (χ3v) is 7.51. The molecule has 1 atom stereocenters. The van der Waals surface area contributed by atoms with Gasteiger partial charge in [-0.25, -0.2) is 13.8 Å². The minimum Gasteiger partial charge on any atom is -0.383 e. The lowest BCUT2D eigenvalue weighted by atomic mass is 9.86. The minimum absolute atomic E-state index is 0.106. The van der Waals surface area contributed by atoms with E-state index in [1.165, 1.54) is 4.57 Å². The van der Waals surface area contributed by atoms with Gasteiger partial charge in [-0.2, -0.15) is 9.97 Å². The fourth-order valence-corrected chi connectivity index (χ4v) is 5.43. The summed E-state index contributed by atoms with van der Waals surface area (Å²) in [6.45, 7) is 6.24. The van der Waals surface area contributed by atoms with E-state index >= 15 is 0 Å². The van der Waals surface area contributed by atoms with Gasteiger partial charge in [0, 0.05) is 38.9 Å². The summed E-state index contributed by atoms with van der Waals surface area (Å²) in [7, 11) is 1.72. The molecule has 1 aliphatic heterocycles. The first-order chi connectivity index (χ1) is 18.5. The van der Waals surface area contributed by atoms with Gasteiger partial charge >= 0.3 is 0 Å². The summed E-state index contributed by atoms with van der Waals surface area (Å²) < 4.78 is 40.4. The van der Waals surface area contributed by atoms with Crippen LogP contribution in [-0.4, -0.2) is 78.2 Å². The molecule has 206 valence electrons. The zero-order valence-electron chi connectivity index (χ0n) is 22.1. The van der Waals surface area contributed by atoms with Crippen LogP contribution in [-0.2, 0) is 9.47 Å². The van der Waals surface area contributed by atoms with Gasteiger partial charge in [0.15, 0.2) is 5.82 Å². The molecule has 0 spiro atoms. The first-order valence-electron chi connectivity index (χ1n) is 13.5. The van der Waals surface area contributed by atoms with Gasteiger partial charge in [-0.05, 0) is 50.7 Å². The second kappa shape index (κ2) is 12.3. The molecule has 2 N–H and O–H groups in total. The predicted octanol–water partition coefficient (Wildman–Crippen LogP) is 4.18. The second-order valence-corrected chi connectivity index (χ2v) is 10.2. The Morgan fingerprint density at radius 1 is 1.11 bits per heavy atom. The Balaban J connectivity index is 1.40. The molecule has 38 heavy (non-hydrogen) atoms. The number of rotatable bonds is 10. The molecule has 11 heteroatoms. The number of aromatic nitrogens is 4. The number of alkyl halides is 2. The number of morpholine rings is 1. The van der Waals surface area contributed by atoms with E-state index in [4.69, 9.17) is 19.4 Å². The van der Waals surface area contributed by atoms with Crippen LogP contribution < -0.4 is 15.5 Å². The molecule has 1 aliphatic carbocycles. The first-order valence-corrected chi connectivity index (χ1v) is 13.5. The first kappa shape index (κ1) is 26.7. The highest BCUT2D eigenvalue weighted by atomic mass is 19.3. The Bertz CT molecular complexity index is 1200.